The molecule has 12 heteroatoms. The van der Waals surface area contributed by atoms with Crippen molar-refractivity contribution in [3.63, 3.8) is 0 Å². The average Bonchev–Trinajstić information content (AvgIpc) is 3.68. The summed E-state index contributed by atoms with van der Waals surface area (Å²) >= 11 is 0. The molecule has 0 N–H and O–H groups in total. The minimum absolute atomic E-state index is 0. The van der Waals surface area contributed by atoms with Gasteiger partial charge in [-0.05, 0) is 169 Å². The maximum absolute atomic E-state index is 12.1. The van der Waals surface area contributed by atoms with Crippen LogP contribution in [0.1, 0.15) is 13.3 Å². The minimum Gasteiger partial charge on any atom is -0.748 e. The van der Waals surface area contributed by atoms with Gasteiger partial charge in [0, 0.05) is 67.7 Å². The summed E-state index contributed by atoms with van der Waals surface area (Å²) in [5.74, 6) is 3.09. The van der Waals surface area contributed by atoms with Crippen molar-refractivity contribution in [3.8, 4) is 45.3 Å². The first-order valence-corrected chi connectivity index (χ1v) is 23.4. The summed E-state index contributed by atoms with van der Waals surface area (Å²) < 4.78 is 60.3. The number of nitrogens with zero attached hydrogens (tertiary/aromatic N) is 3. The van der Waals surface area contributed by atoms with Crippen LogP contribution in [0.3, 0.4) is 0 Å². The second-order valence-corrected chi connectivity index (χ2v) is 18.1. The standard InChI is InChI=1S/C56H51N3O7S.K/c1-38(67(60,61)62)34-35-57-55-36-41(39-6-12-43(13-7-39)58(45-16-24-49(63-2)25-17-45)46-18-26-50(64-3)27-19-46)10-32-53(55)54-33-11-42(37-56(54)57)40-8-14-44(15-9-40)59(47-20-28-51(65-4)29-21-47)48-22-30-52(66-5)31-23-48;/h6-33,36-38H,34-35H2,1-5H3,(H,60,61,62);/q;+1/p-1. The van der Waals surface area contributed by atoms with Gasteiger partial charge in [0.1, 0.15) is 23.0 Å². The van der Waals surface area contributed by atoms with Gasteiger partial charge in [-0.2, -0.15) is 0 Å². The quantitative estimate of drug-likeness (QED) is 0.0692. The molecule has 0 radical (unpaired) electrons. The third kappa shape index (κ3) is 10.2. The van der Waals surface area contributed by atoms with Crippen molar-refractivity contribution in [2.75, 3.05) is 38.2 Å². The molecule has 1 atom stereocenters. The van der Waals surface area contributed by atoms with Crippen LogP contribution in [0, 0.1) is 0 Å². The number of methoxy groups -OCH3 is 4. The summed E-state index contributed by atoms with van der Waals surface area (Å²) in [6.07, 6.45) is 0.168. The van der Waals surface area contributed by atoms with Gasteiger partial charge in [0.2, 0.25) is 0 Å². The van der Waals surface area contributed by atoms with Gasteiger partial charge in [-0.1, -0.05) is 48.5 Å². The van der Waals surface area contributed by atoms with Crippen LogP contribution in [-0.2, 0) is 16.7 Å². The topological polar surface area (TPSA) is 106 Å². The van der Waals surface area contributed by atoms with Crippen LogP contribution in [-0.4, -0.2) is 51.2 Å². The van der Waals surface area contributed by atoms with Gasteiger partial charge < -0.3 is 37.9 Å². The van der Waals surface area contributed by atoms with Gasteiger partial charge in [-0.15, -0.1) is 0 Å². The van der Waals surface area contributed by atoms with E-state index < -0.39 is 15.4 Å². The summed E-state index contributed by atoms with van der Waals surface area (Å²) in [6.45, 7) is 1.82. The van der Waals surface area contributed by atoms with Crippen LogP contribution >= 0.6 is 0 Å². The normalized spacial score (nSPS) is 11.7. The monoisotopic (exact) mass is 947 g/mol. The number of ether oxygens (including phenoxy) is 4. The van der Waals surface area contributed by atoms with E-state index in [1.54, 1.807) is 28.4 Å². The van der Waals surface area contributed by atoms with Crippen molar-refractivity contribution in [1.82, 2.24) is 4.57 Å². The molecule has 68 heavy (non-hydrogen) atoms. The Bertz CT molecular complexity index is 2960. The van der Waals surface area contributed by atoms with E-state index in [0.717, 1.165) is 101 Å². The molecule has 9 rings (SSSR count). The Hall–Kier alpha value is -6.09. The van der Waals surface area contributed by atoms with E-state index in [9.17, 15) is 13.0 Å². The number of rotatable bonds is 16. The second kappa shape index (κ2) is 21.0. The van der Waals surface area contributed by atoms with Crippen LogP contribution in [0.4, 0.5) is 34.1 Å². The van der Waals surface area contributed by atoms with Crippen molar-refractivity contribution in [2.45, 2.75) is 25.1 Å². The van der Waals surface area contributed by atoms with Gasteiger partial charge >= 0.3 is 51.4 Å². The molecule has 0 saturated carbocycles. The number of aromatic nitrogens is 1. The Labute approximate surface area is 440 Å². The van der Waals surface area contributed by atoms with Gasteiger partial charge in [-0.25, -0.2) is 8.42 Å². The minimum atomic E-state index is -4.48. The Kier molecular flexibility index (Phi) is 15.0. The zero-order valence-electron chi connectivity index (χ0n) is 38.9. The van der Waals surface area contributed by atoms with E-state index in [-0.39, 0.29) is 57.8 Å². The Morgan fingerprint density at radius 1 is 0.441 bits per heavy atom. The molecule has 338 valence electrons. The van der Waals surface area contributed by atoms with E-state index in [1.807, 2.05) is 97.1 Å². The first-order valence-electron chi connectivity index (χ1n) is 21.9. The van der Waals surface area contributed by atoms with Gasteiger partial charge in [0.15, 0.2) is 0 Å². The van der Waals surface area contributed by atoms with Gasteiger partial charge in [0.05, 0.1) is 38.6 Å². The molecule has 0 bridgehead atoms. The first kappa shape index (κ1) is 48.4. The predicted molar refractivity (Wildman–Crippen MR) is 270 cm³/mol. The summed E-state index contributed by atoms with van der Waals surface area (Å²) in [5.41, 5.74) is 11.8. The molecular formula is C56H50KN3O7S. The van der Waals surface area contributed by atoms with Crippen LogP contribution < -0.4 is 80.1 Å². The van der Waals surface area contributed by atoms with Crippen molar-refractivity contribution < 1.29 is 83.3 Å². The third-order valence-electron chi connectivity index (χ3n) is 12.4. The molecule has 10 nitrogen and oxygen atoms in total. The third-order valence-corrected chi connectivity index (χ3v) is 13.6. The number of fused-ring (bicyclic) bond motifs is 3. The molecule has 0 aliphatic rings. The van der Waals surface area contributed by atoms with Crippen molar-refractivity contribution in [2.24, 2.45) is 0 Å². The smallest absolute Gasteiger partial charge is 0.748 e. The van der Waals surface area contributed by atoms with Crippen LogP contribution in [0.25, 0.3) is 44.1 Å². The fourth-order valence-electron chi connectivity index (χ4n) is 8.58. The summed E-state index contributed by atoms with van der Waals surface area (Å²) in [4.78, 5) is 4.36. The predicted octanol–water partition coefficient (Wildman–Crippen LogP) is 10.4. The zero-order valence-corrected chi connectivity index (χ0v) is 42.9. The summed E-state index contributed by atoms with van der Waals surface area (Å²) in [7, 11) is 2.15. The molecule has 0 saturated heterocycles. The molecule has 1 aromatic heterocycles. The Balaban J connectivity index is 0.00000625. The maximum atomic E-state index is 12.1. The number of hydrogen-bond donors (Lipinski definition) is 0. The molecule has 0 spiro atoms. The summed E-state index contributed by atoms with van der Waals surface area (Å²) in [6, 6.07) is 61.6. The van der Waals surface area contributed by atoms with Gasteiger partial charge in [0.25, 0.3) is 0 Å². The number of aryl methyl sites for hydroxylation is 1. The zero-order chi connectivity index (χ0) is 46.7. The van der Waals surface area contributed by atoms with E-state index in [2.05, 4.69) is 99.3 Å². The van der Waals surface area contributed by atoms with Crippen LogP contribution in [0.2, 0.25) is 0 Å². The number of benzene rings is 8. The van der Waals surface area contributed by atoms with E-state index in [1.165, 1.54) is 6.92 Å². The number of anilines is 6. The largest absolute Gasteiger partial charge is 1.00 e. The molecule has 0 aliphatic carbocycles. The molecular weight excluding hydrogens is 898 g/mol. The molecule has 0 fully saturated rings. The fourth-order valence-corrected chi connectivity index (χ4v) is 8.97. The van der Waals surface area contributed by atoms with Crippen molar-refractivity contribution in [1.29, 1.82) is 0 Å². The molecule has 1 unspecified atom stereocenters. The number of hydrogen-bond acceptors (Lipinski definition) is 9. The van der Waals surface area contributed by atoms with Crippen molar-refractivity contribution >= 4 is 66.0 Å². The molecule has 1 heterocycles. The van der Waals surface area contributed by atoms with Crippen LogP contribution in [0.15, 0.2) is 182 Å². The van der Waals surface area contributed by atoms with E-state index in [4.69, 9.17) is 18.9 Å². The van der Waals surface area contributed by atoms with Gasteiger partial charge in [-0.3, -0.25) is 0 Å². The Morgan fingerprint density at radius 3 is 0.971 bits per heavy atom. The molecule has 9 aromatic rings. The van der Waals surface area contributed by atoms with Crippen LogP contribution in [0.5, 0.6) is 23.0 Å². The maximum Gasteiger partial charge on any atom is 1.00 e. The van der Waals surface area contributed by atoms with E-state index in [0.29, 0.717) is 6.54 Å². The molecule has 0 amide bonds. The summed E-state index contributed by atoms with van der Waals surface area (Å²) in [5, 5.41) is 1.02. The van der Waals surface area contributed by atoms with E-state index >= 15 is 0 Å². The fraction of sp³-hybridized carbons (Fsp3) is 0.143. The second-order valence-electron chi connectivity index (χ2n) is 16.3. The first-order chi connectivity index (χ1) is 32.5. The van der Waals surface area contributed by atoms with Crippen molar-refractivity contribution in [3.05, 3.63) is 182 Å². The molecule has 0 aliphatic heterocycles. The average molecular weight is 948 g/mol. The Morgan fingerprint density at radius 2 is 0.706 bits per heavy atom. The SMILES string of the molecule is COc1ccc(N(c2ccc(OC)cc2)c2ccc(-c3ccc4c5ccc(-c6ccc(N(c7ccc(OC)cc7)c7ccc(OC)cc7)cc6)cc5n(CCC(C)S(=O)(=O)[O-])c4c3)cc2)cc1.[K+]. The molecule has 8 aromatic carbocycles.